The van der Waals surface area contributed by atoms with Crippen molar-refractivity contribution >= 4 is 23.6 Å². The van der Waals surface area contributed by atoms with E-state index in [-0.39, 0.29) is 5.82 Å². The van der Waals surface area contributed by atoms with E-state index >= 15 is 0 Å². The summed E-state index contributed by atoms with van der Waals surface area (Å²) in [7, 11) is 1.93. The van der Waals surface area contributed by atoms with Gasteiger partial charge in [-0.25, -0.2) is 9.38 Å². The molecule has 22 heavy (non-hydrogen) atoms. The lowest BCUT2D eigenvalue weighted by molar-refractivity contribution is 0.552. The normalized spacial score (nSPS) is 11.1. The van der Waals surface area contributed by atoms with Gasteiger partial charge < -0.3 is 4.90 Å². The largest absolute Gasteiger partial charge is 0.366 e. The van der Waals surface area contributed by atoms with Crippen LogP contribution < -0.4 is 0 Å². The summed E-state index contributed by atoms with van der Waals surface area (Å²) in [5, 5.41) is 0.696. The summed E-state index contributed by atoms with van der Waals surface area (Å²) in [6.45, 7) is 4.85. The highest BCUT2D eigenvalue weighted by molar-refractivity contribution is 6.31. The zero-order valence-electron chi connectivity index (χ0n) is 13.1. The zero-order chi connectivity index (χ0) is 16.1. The van der Waals surface area contributed by atoms with Crippen molar-refractivity contribution in [1.29, 1.82) is 0 Å². The molecule has 0 saturated carbocycles. The Kier molecular flexibility index (Phi) is 5.56. The number of hydrogen-bond donors (Lipinski definition) is 0. The molecular weight excluding hydrogens is 299 g/mol. The first-order valence-corrected chi connectivity index (χ1v) is 7.66. The predicted octanol–water partition coefficient (Wildman–Crippen LogP) is 4.99. The summed E-state index contributed by atoms with van der Waals surface area (Å²) >= 11 is 6.20. The van der Waals surface area contributed by atoms with E-state index in [1.807, 2.05) is 50.1 Å². The van der Waals surface area contributed by atoms with Crippen LogP contribution >= 0.6 is 11.6 Å². The van der Waals surface area contributed by atoms with Crippen LogP contribution in [-0.4, -0.2) is 24.8 Å². The number of halogens is 2. The molecule has 0 amide bonds. The molecule has 2 rings (SSSR count). The van der Waals surface area contributed by atoms with Gasteiger partial charge >= 0.3 is 0 Å². The van der Waals surface area contributed by atoms with E-state index in [1.54, 1.807) is 12.4 Å². The molecule has 0 spiro atoms. The quantitative estimate of drug-likeness (QED) is 0.560. The van der Waals surface area contributed by atoms with Gasteiger partial charge in [-0.15, -0.1) is 0 Å². The molecule has 0 atom stereocenters. The lowest BCUT2D eigenvalue weighted by Gasteiger charge is -2.12. The van der Waals surface area contributed by atoms with Crippen LogP contribution in [-0.2, 0) is 6.42 Å². The number of hydrogen-bond acceptors (Lipinski definition) is 1. The molecule has 0 saturated heterocycles. The van der Waals surface area contributed by atoms with E-state index < -0.39 is 0 Å². The van der Waals surface area contributed by atoms with Gasteiger partial charge in [0.2, 0.25) is 0 Å². The van der Waals surface area contributed by atoms with E-state index in [0.717, 1.165) is 23.2 Å². The minimum atomic E-state index is -0.279. The summed E-state index contributed by atoms with van der Waals surface area (Å²) in [4.78, 5) is 6.33. The molecular formula is C18H20ClFN2. The summed E-state index contributed by atoms with van der Waals surface area (Å²) in [6.07, 6.45) is 2.32. The Bertz CT molecular complexity index is 683. The van der Waals surface area contributed by atoms with Gasteiger partial charge in [0.05, 0.1) is 12.0 Å². The first-order valence-electron chi connectivity index (χ1n) is 7.28. The van der Waals surface area contributed by atoms with Crippen molar-refractivity contribution in [3.8, 4) is 0 Å². The molecule has 116 valence electrons. The topological polar surface area (TPSA) is 15.6 Å². The van der Waals surface area contributed by atoms with Crippen LogP contribution in [0.5, 0.6) is 0 Å². The monoisotopic (exact) mass is 318 g/mol. The molecule has 0 aliphatic carbocycles. The molecule has 2 nitrogen and oxygen atoms in total. The van der Waals surface area contributed by atoms with Crippen molar-refractivity contribution in [3.05, 3.63) is 63.9 Å². The summed E-state index contributed by atoms with van der Waals surface area (Å²) < 4.78 is 13.9. The number of rotatable bonds is 5. The molecule has 0 heterocycles. The molecule has 0 aliphatic rings. The highest BCUT2D eigenvalue weighted by Gasteiger charge is 2.09. The molecule has 0 radical (unpaired) electrons. The highest BCUT2D eigenvalue weighted by atomic mass is 35.5. The van der Waals surface area contributed by atoms with E-state index in [0.29, 0.717) is 17.1 Å². The molecule has 2 aromatic rings. The van der Waals surface area contributed by atoms with Crippen LogP contribution in [0, 0.1) is 12.7 Å². The molecule has 0 bridgehead atoms. The summed E-state index contributed by atoms with van der Waals surface area (Å²) in [5.41, 5.74) is 3.52. The highest BCUT2D eigenvalue weighted by Crippen LogP contribution is 2.27. The van der Waals surface area contributed by atoms with Crippen molar-refractivity contribution in [2.75, 3.05) is 13.6 Å². The fraction of sp³-hybridized carbons (Fsp3) is 0.278. The smallest absolute Gasteiger partial charge is 0.125 e. The number of benzene rings is 2. The van der Waals surface area contributed by atoms with Crippen molar-refractivity contribution in [2.45, 2.75) is 20.3 Å². The second kappa shape index (κ2) is 7.41. The number of nitrogens with zero attached hydrogens (tertiary/aromatic N) is 2. The Balaban J connectivity index is 2.35. The van der Waals surface area contributed by atoms with Gasteiger partial charge in [0, 0.05) is 18.6 Å². The van der Waals surface area contributed by atoms with Gasteiger partial charge in [-0.1, -0.05) is 29.8 Å². The lowest BCUT2D eigenvalue weighted by Crippen LogP contribution is -2.14. The Morgan fingerprint density at radius 2 is 1.95 bits per heavy atom. The first kappa shape index (κ1) is 16.5. The lowest BCUT2D eigenvalue weighted by atomic mass is 9.99. The van der Waals surface area contributed by atoms with Gasteiger partial charge in [-0.05, 0) is 55.2 Å². The fourth-order valence-corrected chi connectivity index (χ4v) is 2.33. The van der Waals surface area contributed by atoms with Gasteiger partial charge in [0.25, 0.3) is 0 Å². The standard InChI is InChI=1S/C18H20ClFN2/c1-4-22(3)12-21-18-11-16(20)10-15(13(18)2)9-14-7-5-6-8-17(14)19/h5-8,10-12H,4,9H2,1-3H3. The third kappa shape index (κ3) is 4.08. The van der Waals surface area contributed by atoms with Crippen molar-refractivity contribution in [3.63, 3.8) is 0 Å². The van der Waals surface area contributed by atoms with Crippen LogP contribution in [0.2, 0.25) is 5.02 Å². The second-order valence-corrected chi connectivity index (χ2v) is 5.70. The molecule has 4 heteroatoms. The van der Waals surface area contributed by atoms with Crippen LogP contribution in [0.3, 0.4) is 0 Å². The van der Waals surface area contributed by atoms with Gasteiger partial charge in [0.1, 0.15) is 5.82 Å². The molecule has 0 fully saturated rings. The fourth-order valence-electron chi connectivity index (χ4n) is 2.13. The predicted molar refractivity (Wildman–Crippen MR) is 91.9 cm³/mol. The average Bonchev–Trinajstić information content (AvgIpc) is 2.50. The number of aliphatic imine (C=N–C) groups is 1. The minimum absolute atomic E-state index is 0.279. The van der Waals surface area contributed by atoms with Gasteiger partial charge in [0.15, 0.2) is 0 Å². The summed E-state index contributed by atoms with van der Waals surface area (Å²) in [6, 6.07) is 10.7. The van der Waals surface area contributed by atoms with E-state index in [2.05, 4.69) is 4.99 Å². The summed E-state index contributed by atoms with van der Waals surface area (Å²) in [5.74, 6) is -0.279. The van der Waals surface area contributed by atoms with Crippen molar-refractivity contribution in [2.24, 2.45) is 4.99 Å². The Labute approximate surface area is 136 Å². The van der Waals surface area contributed by atoms with Gasteiger partial charge in [-0.3, -0.25) is 0 Å². The van der Waals surface area contributed by atoms with Crippen LogP contribution in [0.4, 0.5) is 10.1 Å². The maximum atomic E-state index is 13.9. The Morgan fingerprint density at radius 1 is 1.23 bits per heavy atom. The average molecular weight is 319 g/mol. The molecule has 0 unspecified atom stereocenters. The van der Waals surface area contributed by atoms with Gasteiger partial charge in [-0.2, -0.15) is 0 Å². The first-order chi connectivity index (χ1) is 10.5. The van der Waals surface area contributed by atoms with Crippen LogP contribution in [0.15, 0.2) is 41.4 Å². The molecule has 0 aromatic heterocycles. The molecule has 0 N–H and O–H groups in total. The van der Waals surface area contributed by atoms with Crippen molar-refractivity contribution < 1.29 is 4.39 Å². The van der Waals surface area contributed by atoms with E-state index in [1.165, 1.54) is 6.07 Å². The second-order valence-electron chi connectivity index (χ2n) is 5.30. The third-order valence-electron chi connectivity index (χ3n) is 3.68. The van der Waals surface area contributed by atoms with E-state index in [9.17, 15) is 4.39 Å². The minimum Gasteiger partial charge on any atom is -0.366 e. The van der Waals surface area contributed by atoms with Crippen LogP contribution in [0.1, 0.15) is 23.6 Å². The Morgan fingerprint density at radius 3 is 2.64 bits per heavy atom. The third-order valence-corrected chi connectivity index (χ3v) is 4.05. The maximum Gasteiger partial charge on any atom is 0.125 e. The van der Waals surface area contributed by atoms with Crippen LogP contribution in [0.25, 0.3) is 0 Å². The van der Waals surface area contributed by atoms with Crippen molar-refractivity contribution in [1.82, 2.24) is 4.90 Å². The zero-order valence-corrected chi connectivity index (χ0v) is 13.9. The molecule has 2 aromatic carbocycles. The molecule has 0 aliphatic heterocycles. The maximum absolute atomic E-state index is 13.9. The van der Waals surface area contributed by atoms with E-state index in [4.69, 9.17) is 11.6 Å². The SMILES string of the molecule is CCN(C)C=Nc1cc(F)cc(Cc2ccccc2Cl)c1C. The Hall–Kier alpha value is -1.87.